The Kier molecular flexibility index (Phi) is 4.83. The third-order valence-electron chi connectivity index (χ3n) is 7.74. The first kappa shape index (κ1) is 22.5. The van der Waals surface area contributed by atoms with Gasteiger partial charge in [-0.15, -0.1) is 0 Å². The topological polar surface area (TPSA) is 85.6 Å². The summed E-state index contributed by atoms with van der Waals surface area (Å²) in [5, 5.41) is 14.5. The van der Waals surface area contributed by atoms with Gasteiger partial charge in [0.15, 0.2) is 5.65 Å². The number of aryl methyl sites for hydroxylation is 1. The molecule has 4 aromatic rings. The van der Waals surface area contributed by atoms with Gasteiger partial charge in [0.25, 0.3) is 0 Å². The minimum Gasteiger partial charge on any atom is -0.389 e. The van der Waals surface area contributed by atoms with Gasteiger partial charge in [-0.05, 0) is 56.9 Å². The van der Waals surface area contributed by atoms with Crippen LogP contribution in [0.2, 0.25) is 0 Å². The number of nitrogens with zero attached hydrogens (tertiary/aromatic N) is 6. The highest BCUT2D eigenvalue weighted by Gasteiger charge is 2.52. The van der Waals surface area contributed by atoms with E-state index in [4.69, 9.17) is 4.98 Å². The number of pyridine rings is 2. The van der Waals surface area contributed by atoms with Crippen molar-refractivity contribution in [3.05, 3.63) is 41.3 Å². The number of rotatable bonds is 5. The van der Waals surface area contributed by atoms with Crippen LogP contribution in [0.15, 0.2) is 24.7 Å². The lowest BCUT2D eigenvalue weighted by Gasteiger charge is -2.61. The summed E-state index contributed by atoms with van der Waals surface area (Å²) in [5.41, 5.74) is 8.63. The molecule has 8 nitrogen and oxygen atoms in total. The number of hydrogen-bond acceptors (Lipinski definition) is 6. The van der Waals surface area contributed by atoms with Gasteiger partial charge in [-0.2, -0.15) is 5.10 Å². The molecule has 0 saturated carbocycles. The highest BCUT2D eigenvalue weighted by molar-refractivity contribution is 5.90. The van der Waals surface area contributed by atoms with Gasteiger partial charge in [-0.3, -0.25) is 4.90 Å². The summed E-state index contributed by atoms with van der Waals surface area (Å²) in [6.45, 7) is 17.4. The van der Waals surface area contributed by atoms with E-state index in [0.29, 0.717) is 11.3 Å². The van der Waals surface area contributed by atoms with Crippen molar-refractivity contribution in [3.63, 3.8) is 0 Å². The standard InChI is InChI=1S/C27H35N7O/c1-16(2)22-23(19-9-34-25(28-15-29-34)18(4)17(19)3)30-20-7-8-21(31-24(20)22)33-13-27(14-33)11-32(12-27)10-26(5,6)35/h7-9,15-16,30,35H,10-14H2,1-6H3. The minimum absolute atomic E-state index is 0.317. The van der Waals surface area contributed by atoms with E-state index in [1.165, 1.54) is 11.1 Å². The number of hydrogen-bond donors (Lipinski definition) is 2. The Morgan fingerprint density at radius 3 is 2.54 bits per heavy atom. The number of aromatic amines is 1. The van der Waals surface area contributed by atoms with Crippen LogP contribution in [-0.2, 0) is 0 Å². The van der Waals surface area contributed by atoms with Crippen molar-refractivity contribution in [2.45, 2.75) is 53.1 Å². The average Bonchev–Trinajstić information content (AvgIpc) is 3.34. The van der Waals surface area contributed by atoms with Crippen molar-refractivity contribution < 1.29 is 5.11 Å². The van der Waals surface area contributed by atoms with Crippen LogP contribution in [0.4, 0.5) is 5.82 Å². The van der Waals surface area contributed by atoms with Gasteiger partial charge in [0.1, 0.15) is 12.1 Å². The van der Waals surface area contributed by atoms with Crippen molar-refractivity contribution >= 4 is 22.5 Å². The molecule has 0 radical (unpaired) electrons. The molecule has 2 aliphatic rings. The fraction of sp³-hybridized carbons (Fsp3) is 0.519. The van der Waals surface area contributed by atoms with Crippen molar-refractivity contribution in [2.75, 3.05) is 37.6 Å². The first-order valence-electron chi connectivity index (χ1n) is 12.6. The Bertz CT molecular complexity index is 1430. The van der Waals surface area contributed by atoms with E-state index in [2.05, 4.69) is 70.9 Å². The average molecular weight is 474 g/mol. The van der Waals surface area contributed by atoms with E-state index >= 15 is 0 Å². The fourth-order valence-corrected chi connectivity index (χ4v) is 6.17. The Hall–Kier alpha value is -2.97. The number of H-pyrrole nitrogens is 1. The summed E-state index contributed by atoms with van der Waals surface area (Å²) in [7, 11) is 0. The molecule has 6 rings (SSSR count). The number of fused-ring (bicyclic) bond motifs is 2. The Morgan fingerprint density at radius 1 is 1.11 bits per heavy atom. The molecule has 8 heteroatoms. The number of nitrogens with one attached hydrogen (secondary N) is 1. The van der Waals surface area contributed by atoms with Crippen LogP contribution in [0.5, 0.6) is 0 Å². The van der Waals surface area contributed by atoms with Crippen LogP contribution in [0, 0.1) is 19.3 Å². The van der Waals surface area contributed by atoms with Gasteiger partial charge in [0.2, 0.25) is 0 Å². The third kappa shape index (κ3) is 3.62. The van der Waals surface area contributed by atoms with Crippen LogP contribution < -0.4 is 4.90 Å². The summed E-state index contributed by atoms with van der Waals surface area (Å²) in [6.07, 6.45) is 3.69. The van der Waals surface area contributed by atoms with Crippen molar-refractivity contribution in [3.8, 4) is 11.3 Å². The van der Waals surface area contributed by atoms with Crippen molar-refractivity contribution in [1.82, 2.24) is 29.5 Å². The summed E-state index contributed by atoms with van der Waals surface area (Å²) in [6, 6.07) is 4.32. The summed E-state index contributed by atoms with van der Waals surface area (Å²) < 4.78 is 1.87. The number of aromatic nitrogens is 5. The molecule has 2 saturated heterocycles. The van der Waals surface area contributed by atoms with E-state index in [1.807, 2.05) is 18.4 Å². The van der Waals surface area contributed by atoms with Gasteiger partial charge in [-0.1, -0.05) is 13.8 Å². The second-order valence-corrected chi connectivity index (χ2v) is 11.8. The molecule has 2 aliphatic heterocycles. The molecule has 2 N–H and O–H groups in total. The first-order chi connectivity index (χ1) is 16.5. The number of anilines is 1. The summed E-state index contributed by atoms with van der Waals surface area (Å²) >= 11 is 0. The predicted molar refractivity (Wildman–Crippen MR) is 139 cm³/mol. The third-order valence-corrected chi connectivity index (χ3v) is 7.74. The molecule has 184 valence electrons. The van der Waals surface area contributed by atoms with E-state index in [1.54, 1.807) is 6.33 Å². The van der Waals surface area contributed by atoms with E-state index < -0.39 is 5.60 Å². The van der Waals surface area contributed by atoms with Gasteiger partial charge in [0.05, 0.1) is 22.3 Å². The molecule has 1 spiro atoms. The smallest absolute Gasteiger partial charge is 0.158 e. The van der Waals surface area contributed by atoms with Gasteiger partial charge >= 0.3 is 0 Å². The molecule has 0 aromatic carbocycles. The van der Waals surface area contributed by atoms with E-state index in [0.717, 1.165) is 72.0 Å². The zero-order valence-electron chi connectivity index (χ0n) is 21.6. The maximum absolute atomic E-state index is 10.1. The molecule has 0 unspecified atom stereocenters. The largest absolute Gasteiger partial charge is 0.389 e. The van der Waals surface area contributed by atoms with Crippen molar-refractivity contribution in [2.24, 2.45) is 5.41 Å². The molecule has 0 amide bonds. The second kappa shape index (κ2) is 7.51. The zero-order valence-corrected chi connectivity index (χ0v) is 21.6. The maximum atomic E-state index is 10.1. The molecule has 4 aromatic heterocycles. The molecule has 0 bridgehead atoms. The van der Waals surface area contributed by atoms with Gasteiger partial charge < -0.3 is 15.0 Å². The Morgan fingerprint density at radius 2 is 1.86 bits per heavy atom. The highest BCUT2D eigenvalue weighted by Crippen LogP contribution is 2.43. The quantitative estimate of drug-likeness (QED) is 0.457. The SMILES string of the molecule is Cc1c(-c2[nH]c3ccc(N4CC5(CN(CC(C)(C)O)C5)C4)nc3c2C(C)C)cn2ncnc2c1C. The van der Waals surface area contributed by atoms with E-state index in [9.17, 15) is 5.11 Å². The normalized spacial score (nSPS) is 18.1. The van der Waals surface area contributed by atoms with Gasteiger partial charge in [0, 0.05) is 55.5 Å². The van der Waals surface area contributed by atoms with Gasteiger partial charge in [-0.25, -0.2) is 14.5 Å². The maximum Gasteiger partial charge on any atom is 0.158 e. The lowest BCUT2D eigenvalue weighted by Crippen LogP contribution is -2.73. The lowest BCUT2D eigenvalue weighted by molar-refractivity contribution is -0.0666. The van der Waals surface area contributed by atoms with Crippen LogP contribution >= 0.6 is 0 Å². The Balaban J connectivity index is 1.31. The predicted octanol–water partition coefficient (Wildman–Crippen LogP) is 3.91. The monoisotopic (exact) mass is 473 g/mol. The molecule has 0 atom stereocenters. The summed E-state index contributed by atoms with van der Waals surface area (Å²) in [5.74, 6) is 1.37. The molecular weight excluding hydrogens is 438 g/mol. The number of likely N-dealkylation sites (tertiary alicyclic amines) is 1. The van der Waals surface area contributed by atoms with Crippen LogP contribution in [-0.4, -0.2) is 72.9 Å². The van der Waals surface area contributed by atoms with Crippen LogP contribution in [0.25, 0.3) is 27.9 Å². The van der Waals surface area contributed by atoms with E-state index in [-0.39, 0.29) is 0 Å². The number of β-amino-alcohol motifs (C(OH)–C–C–N with tert-alkyl or cyclic N) is 1. The van der Waals surface area contributed by atoms with Crippen LogP contribution in [0.1, 0.15) is 50.3 Å². The van der Waals surface area contributed by atoms with Crippen LogP contribution in [0.3, 0.4) is 0 Å². The number of aliphatic hydroxyl groups is 1. The Labute approximate surface area is 206 Å². The highest BCUT2D eigenvalue weighted by atomic mass is 16.3. The summed E-state index contributed by atoms with van der Waals surface area (Å²) in [4.78, 5) is 18.0. The minimum atomic E-state index is -0.633. The zero-order chi connectivity index (χ0) is 24.7. The molecule has 0 aliphatic carbocycles. The molecule has 35 heavy (non-hydrogen) atoms. The molecule has 2 fully saturated rings. The lowest BCUT2D eigenvalue weighted by atomic mass is 9.72. The van der Waals surface area contributed by atoms with Crippen molar-refractivity contribution in [1.29, 1.82) is 0 Å². The molecule has 6 heterocycles. The molecular formula is C27H35N7O. The fourth-order valence-electron chi connectivity index (χ4n) is 6.17. The second-order valence-electron chi connectivity index (χ2n) is 11.8. The first-order valence-corrected chi connectivity index (χ1v) is 12.6.